The van der Waals surface area contributed by atoms with Crippen LogP contribution in [0.2, 0.25) is 0 Å². The molecule has 1 aromatic carbocycles. The van der Waals surface area contributed by atoms with Crippen LogP contribution in [0.25, 0.3) is 10.9 Å². The molecule has 0 aliphatic heterocycles. The summed E-state index contributed by atoms with van der Waals surface area (Å²) in [5.74, 6) is -0.276. The third-order valence-electron chi connectivity index (χ3n) is 3.31. The highest BCUT2D eigenvalue weighted by Crippen LogP contribution is 2.21. The Hall–Kier alpha value is -2.17. The second-order valence-corrected chi connectivity index (χ2v) is 4.59. The summed E-state index contributed by atoms with van der Waals surface area (Å²) in [5.41, 5.74) is 0.799. The van der Waals surface area contributed by atoms with Crippen LogP contribution in [-0.2, 0) is 4.79 Å². The van der Waals surface area contributed by atoms with Crippen molar-refractivity contribution in [3.05, 3.63) is 30.6 Å². The maximum Gasteiger partial charge on any atom is 0.326 e. The number of hydrogen-bond donors (Lipinski definition) is 2. The summed E-state index contributed by atoms with van der Waals surface area (Å²) in [5, 5.41) is 13.2. The van der Waals surface area contributed by atoms with Crippen molar-refractivity contribution in [3.8, 4) is 0 Å². The number of rotatable bonds is 5. The fourth-order valence-corrected chi connectivity index (χ4v) is 1.95. The molecule has 5 nitrogen and oxygen atoms in total. The first-order valence-electron chi connectivity index (χ1n) is 6.32. The summed E-state index contributed by atoms with van der Waals surface area (Å²) in [7, 11) is 0. The normalized spacial score (nSPS) is 14.0. The number of aliphatic carboxylic acids is 1. The Balaban J connectivity index is 2.36. The molecule has 1 heterocycles. The predicted octanol–water partition coefficient (Wildman–Crippen LogP) is 2.54. The van der Waals surface area contributed by atoms with Gasteiger partial charge in [-0.15, -0.1) is 0 Å². The second-order valence-electron chi connectivity index (χ2n) is 4.59. The number of carboxylic acids is 1. The van der Waals surface area contributed by atoms with Crippen LogP contribution in [0.5, 0.6) is 0 Å². The number of aromatic nitrogens is 2. The molecule has 0 saturated carbocycles. The van der Waals surface area contributed by atoms with Gasteiger partial charge in [-0.3, -0.25) is 0 Å². The van der Waals surface area contributed by atoms with Crippen LogP contribution in [0.15, 0.2) is 30.6 Å². The third kappa shape index (κ3) is 2.81. The van der Waals surface area contributed by atoms with Crippen LogP contribution < -0.4 is 5.32 Å². The van der Waals surface area contributed by atoms with Gasteiger partial charge in [-0.1, -0.05) is 32.4 Å². The van der Waals surface area contributed by atoms with Gasteiger partial charge >= 0.3 is 5.97 Å². The SMILES string of the molecule is CC[C@@H](C)[C@H](Nc1ncnc2ccccc12)C(=O)O. The minimum Gasteiger partial charge on any atom is -0.480 e. The van der Waals surface area contributed by atoms with E-state index < -0.39 is 12.0 Å². The Labute approximate surface area is 111 Å². The molecule has 1 aromatic heterocycles. The predicted molar refractivity (Wildman–Crippen MR) is 74.0 cm³/mol. The Kier molecular flexibility index (Phi) is 3.94. The molecule has 0 saturated heterocycles. The van der Waals surface area contributed by atoms with E-state index in [1.54, 1.807) is 0 Å². The van der Waals surface area contributed by atoms with E-state index in [9.17, 15) is 9.90 Å². The fourth-order valence-electron chi connectivity index (χ4n) is 1.95. The van der Waals surface area contributed by atoms with Gasteiger partial charge in [0.15, 0.2) is 0 Å². The lowest BCUT2D eigenvalue weighted by Gasteiger charge is -2.21. The van der Waals surface area contributed by atoms with Crippen LogP contribution in [0.4, 0.5) is 5.82 Å². The highest BCUT2D eigenvalue weighted by Gasteiger charge is 2.24. The van der Waals surface area contributed by atoms with Gasteiger partial charge in [0, 0.05) is 5.39 Å². The summed E-state index contributed by atoms with van der Waals surface area (Å²) >= 11 is 0. The van der Waals surface area contributed by atoms with Crippen LogP contribution in [-0.4, -0.2) is 27.1 Å². The molecule has 0 fully saturated rings. The van der Waals surface area contributed by atoms with Gasteiger partial charge in [0.2, 0.25) is 0 Å². The highest BCUT2D eigenvalue weighted by molar-refractivity contribution is 5.90. The molecule has 2 N–H and O–H groups in total. The number of fused-ring (bicyclic) bond motifs is 1. The average molecular weight is 259 g/mol. The first kappa shape index (κ1) is 13.3. The summed E-state index contributed by atoms with van der Waals surface area (Å²) in [6, 6.07) is 6.88. The molecule has 0 amide bonds. The van der Waals surface area contributed by atoms with Gasteiger partial charge in [-0.2, -0.15) is 0 Å². The van der Waals surface area contributed by atoms with E-state index in [2.05, 4.69) is 15.3 Å². The molecule has 0 aliphatic carbocycles. The lowest BCUT2D eigenvalue weighted by Crippen LogP contribution is -2.35. The van der Waals surface area contributed by atoms with E-state index in [4.69, 9.17) is 0 Å². The number of carbonyl (C=O) groups is 1. The monoisotopic (exact) mass is 259 g/mol. The van der Waals surface area contributed by atoms with Gasteiger partial charge in [0.1, 0.15) is 18.2 Å². The van der Waals surface area contributed by atoms with Crippen LogP contribution >= 0.6 is 0 Å². The molecule has 2 rings (SSSR count). The van der Waals surface area contributed by atoms with E-state index in [1.165, 1.54) is 6.33 Å². The number of benzene rings is 1. The molecule has 2 atom stereocenters. The molecule has 0 radical (unpaired) electrons. The number of nitrogens with zero attached hydrogens (tertiary/aromatic N) is 2. The lowest BCUT2D eigenvalue weighted by molar-refractivity contribution is -0.139. The molecule has 5 heteroatoms. The Morgan fingerprint density at radius 1 is 1.37 bits per heavy atom. The third-order valence-corrected chi connectivity index (χ3v) is 3.31. The Morgan fingerprint density at radius 3 is 2.79 bits per heavy atom. The smallest absolute Gasteiger partial charge is 0.326 e. The summed E-state index contributed by atoms with van der Waals surface area (Å²) in [6.07, 6.45) is 2.23. The van der Waals surface area contributed by atoms with Crippen molar-refractivity contribution >= 4 is 22.7 Å². The van der Waals surface area contributed by atoms with Crippen molar-refractivity contribution in [1.82, 2.24) is 9.97 Å². The second kappa shape index (κ2) is 5.65. The van der Waals surface area contributed by atoms with Crippen LogP contribution in [0, 0.1) is 5.92 Å². The largest absolute Gasteiger partial charge is 0.480 e. The van der Waals surface area contributed by atoms with E-state index in [0.717, 1.165) is 17.3 Å². The maximum atomic E-state index is 11.3. The van der Waals surface area contributed by atoms with E-state index in [0.29, 0.717) is 5.82 Å². The first-order valence-corrected chi connectivity index (χ1v) is 6.32. The van der Waals surface area contributed by atoms with E-state index in [1.807, 2.05) is 38.1 Å². The topological polar surface area (TPSA) is 75.1 Å². The molecular weight excluding hydrogens is 242 g/mol. The Morgan fingerprint density at radius 2 is 2.11 bits per heavy atom. The van der Waals surface area contributed by atoms with Crippen molar-refractivity contribution in [3.63, 3.8) is 0 Å². The highest BCUT2D eigenvalue weighted by atomic mass is 16.4. The molecular formula is C14H17N3O2. The summed E-state index contributed by atoms with van der Waals surface area (Å²) in [4.78, 5) is 19.7. The minimum atomic E-state index is -0.864. The van der Waals surface area contributed by atoms with Crippen molar-refractivity contribution in [2.24, 2.45) is 5.92 Å². The van der Waals surface area contributed by atoms with Crippen molar-refractivity contribution in [2.45, 2.75) is 26.3 Å². The number of hydrogen-bond acceptors (Lipinski definition) is 4. The molecule has 0 aliphatic rings. The maximum absolute atomic E-state index is 11.3. The minimum absolute atomic E-state index is 0.0197. The number of anilines is 1. The average Bonchev–Trinajstić information content (AvgIpc) is 2.43. The van der Waals surface area contributed by atoms with Gasteiger partial charge in [-0.25, -0.2) is 14.8 Å². The van der Waals surface area contributed by atoms with E-state index in [-0.39, 0.29) is 5.92 Å². The molecule has 0 spiro atoms. The molecule has 0 unspecified atom stereocenters. The van der Waals surface area contributed by atoms with E-state index >= 15 is 0 Å². The van der Waals surface area contributed by atoms with Crippen LogP contribution in [0.1, 0.15) is 20.3 Å². The van der Waals surface area contributed by atoms with Gasteiger partial charge in [0.25, 0.3) is 0 Å². The Bertz CT molecular complexity index is 580. The summed E-state index contributed by atoms with van der Waals surface area (Å²) in [6.45, 7) is 3.88. The number of carboxylic acid groups (broad SMARTS) is 1. The summed E-state index contributed by atoms with van der Waals surface area (Å²) < 4.78 is 0. The molecule has 19 heavy (non-hydrogen) atoms. The zero-order valence-electron chi connectivity index (χ0n) is 11.0. The number of para-hydroxylation sites is 1. The lowest BCUT2D eigenvalue weighted by atomic mass is 9.99. The van der Waals surface area contributed by atoms with Crippen molar-refractivity contribution in [1.29, 1.82) is 0 Å². The molecule has 0 bridgehead atoms. The quantitative estimate of drug-likeness (QED) is 0.863. The van der Waals surface area contributed by atoms with Crippen LogP contribution in [0.3, 0.4) is 0 Å². The standard InChI is InChI=1S/C14H17N3O2/c1-3-9(2)12(14(18)19)17-13-10-6-4-5-7-11(10)15-8-16-13/h4-9,12H,3H2,1-2H3,(H,18,19)(H,15,16,17)/t9-,12+/m1/s1. The molecule has 100 valence electrons. The van der Waals surface area contributed by atoms with Gasteiger partial charge in [-0.05, 0) is 18.1 Å². The first-order chi connectivity index (χ1) is 9.13. The number of nitrogens with one attached hydrogen (secondary N) is 1. The van der Waals surface area contributed by atoms with Gasteiger partial charge in [0.05, 0.1) is 5.52 Å². The van der Waals surface area contributed by atoms with Gasteiger partial charge < -0.3 is 10.4 Å². The fraction of sp³-hybridized carbons (Fsp3) is 0.357. The zero-order valence-corrected chi connectivity index (χ0v) is 11.0. The van der Waals surface area contributed by atoms with Crippen molar-refractivity contribution in [2.75, 3.05) is 5.32 Å². The van der Waals surface area contributed by atoms with Crippen molar-refractivity contribution < 1.29 is 9.90 Å². The molecule has 2 aromatic rings. The zero-order chi connectivity index (χ0) is 13.8.